The third kappa shape index (κ3) is 15.4. The summed E-state index contributed by atoms with van der Waals surface area (Å²) in [4.78, 5) is 72.7. The largest absolute Gasteiger partial charge is 0.427 e. The van der Waals surface area contributed by atoms with Crippen LogP contribution >= 0.6 is 0 Å². The second-order valence-corrected chi connectivity index (χ2v) is 13.8. The van der Waals surface area contributed by atoms with E-state index in [1.54, 1.807) is 128 Å². The topological polar surface area (TPSA) is 170 Å². The van der Waals surface area contributed by atoms with E-state index in [0.717, 1.165) is 22.3 Å². The number of hydrogen-bond acceptors (Lipinski definition) is 13. The van der Waals surface area contributed by atoms with Gasteiger partial charge in [0.2, 0.25) is 0 Å². The van der Waals surface area contributed by atoms with Gasteiger partial charge in [0.25, 0.3) is 0 Å². The molecule has 1 unspecified atom stereocenters. The van der Waals surface area contributed by atoms with Crippen molar-refractivity contribution in [3.05, 3.63) is 143 Å². The highest BCUT2D eigenvalue weighted by atomic mass is 16.6. The van der Waals surface area contributed by atoms with Gasteiger partial charge in [-0.1, -0.05) is 60.7 Å². The Hall–Kier alpha value is -7.38. The van der Waals surface area contributed by atoms with Crippen LogP contribution < -0.4 is 33.7 Å². The van der Waals surface area contributed by atoms with E-state index in [0.29, 0.717) is 41.4 Å². The Labute approximate surface area is 353 Å². The van der Waals surface area contributed by atoms with Crippen LogP contribution in [0.25, 0.3) is 12.2 Å². The molecule has 0 fully saturated rings. The Morgan fingerprint density at radius 3 is 1.28 bits per heavy atom. The highest BCUT2D eigenvalue weighted by molar-refractivity contribution is 5.80. The molecular formula is C48H45NO12. The second kappa shape index (κ2) is 22.1. The molecule has 314 valence electrons. The maximum absolute atomic E-state index is 13.4. The van der Waals surface area contributed by atoms with E-state index in [1.165, 1.54) is 26.8 Å². The number of hydrogen-bond donors (Lipinski definition) is 1. The lowest BCUT2D eigenvalue weighted by Crippen LogP contribution is -2.39. The summed E-state index contributed by atoms with van der Waals surface area (Å²) >= 11 is 0. The molecule has 0 bridgehead atoms. The number of nitrogens with one attached hydrogen (secondary N) is 1. The van der Waals surface area contributed by atoms with E-state index in [1.807, 2.05) is 0 Å². The SMILES string of the molecule is CNC(Cc1ccc(OC(C)=O)cc1)C(=O)Oc1cc(/C=C/c2ccc(OC(=O)CCc3ccc(OC(C)=O)cc3)cc2)cc(OC(=O)CCc2ccc(OC(C)=O)cc2)c1. The summed E-state index contributed by atoms with van der Waals surface area (Å²) in [6, 6.07) is 31.4. The molecule has 0 saturated heterocycles. The molecule has 0 amide bonds. The van der Waals surface area contributed by atoms with E-state index in [-0.39, 0.29) is 30.8 Å². The van der Waals surface area contributed by atoms with Crippen molar-refractivity contribution in [2.24, 2.45) is 0 Å². The quantitative estimate of drug-likeness (QED) is 0.0526. The molecule has 0 aromatic heterocycles. The zero-order chi connectivity index (χ0) is 43.7. The number of carbonyl (C=O) groups is 6. The summed E-state index contributed by atoms with van der Waals surface area (Å²) in [7, 11) is 1.64. The summed E-state index contributed by atoms with van der Waals surface area (Å²) in [5.74, 6) is -0.897. The molecule has 5 aromatic rings. The maximum atomic E-state index is 13.4. The molecular weight excluding hydrogens is 783 g/mol. The van der Waals surface area contributed by atoms with Crippen molar-refractivity contribution in [3.63, 3.8) is 0 Å². The first kappa shape index (κ1) is 44.7. The molecule has 1 atom stereocenters. The van der Waals surface area contributed by atoms with Crippen molar-refractivity contribution in [1.82, 2.24) is 5.32 Å². The first-order valence-electron chi connectivity index (χ1n) is 19.4. The van der Waals surface area contributed by atoms with Crippen LogP contribution in [0.15, 0.2) is 115 Å². The van der Waals surface area contributed by atoms with E-state index in [4.69, 9.17) is 28.4 Å². The van der Waals surface area contributed by atoms with Gasteiger partial charge >= 0.3 is 35.8 Å². The molecule has 61 heavy (non-hydrogen) atoms. The highest BCUT2D eigenvalue weighted by Gasteiger charge is 2.21. The molecule has 0 spiro atoms. The lowest BCUT2D eigenvalue weighted by Gasteiger charge is -2.16. The van der Waals surface area contributed by atoms with Crippen molar-refractivity contribution in [2.45, 2.75) is 58.9 Å². The van der Waals surface area contributed by atoms with Crippen LogP contribution in [0.3, 0.4) is 0 Å². The van der Waals surface area contributed by atoms with E-state index in [9.17, 15) is 28.8 Å². The molecule has 0 heterocycles. The average Bonchev–Trinajstić information content (AvgIpc) is 3.22. The molecule has 0 saturated carbocycles. The zero-order valence-corrected chi connectivity index (χ0v) is 34.1. The van der Waals surface area contributed by atoms with Gasteiger partial charge in [-0.3, -0.25) is 24.0 Å². The molecule has 13 nitrogen and oxygen atoms in total. The second-order valence-electron chi connectivity index (χ2n) is 13.8. The Balaban J connectivity index is 1.25. The van der Waals surface area contributed by atoms with E-state index in [2.05, 4.69) is 5.32 Å². The summed E-state index contributed by atoms with van der Waals surface area (Å²) in [6.45, 7) is 3.95. The zero-order valence-electron chi connectivity index (χ0n) is 34.1. The van der Waals surface area contributed by atoms with Crippen molar-refractivity contribution >= 4 is 48.0 Å². The number of likely N-dealkylation sites (N-methyl/N-ethyl adjacent to an activating group) is 1. The van der Waals surface area contributed by atoms with Crippen molar-refractivity contribution in [1.29, 1.82) is 0 Å². The number of carbonyl (C=O) groups excluding carboxylic acids is 6. The van der Waals surface area contributed by atoms with Crippen LogP contribution in [0.5, 0.6) is 34.5 Å². The van der Waals surface area contributed by atoms with Gasteiger partial charge in [0.05, 0.1) is 0 Å². The van der Waals surface area contributed by atoms with Crippen molar-refractivity contribution in [2.75, 3.05) is 7.05 Å². The van der Waals surface area contributed by atoms with Crippen LogP contribution in [-0.4, -0.2) is 48.9 Å². The van der Waals surface area contributed by atoms with E-state index >= 15 is 0 Å². The van der Waals surface area contributed by atoms with Crippen LogP contribution in [0.4, 0.5) is 0 Å². The predicted molar refractivity (Wildman–Crippen MR) is 225 cm³/mol. The van der Waals surface area contributed by atoms with Gasteiger partial charge in [-0.25, -0.2) is 4.79 Å². The molecule has 0 aliphatic rings. The van der Waals surface area contributed by atoms with Gasteiger partial charge < -0.3 is 33.7 Å². The van der Waals surface area contributed by atoms with Crippen molar-refractivity contribution in [3.8, 4) is 34.5 Å². The van der Waals surface area contributed by atoms with Gasteiger partial charge in [0, 0.05) is 39.7 Å². The molecule has 1 N–H and O–H groups in total. The van der Waals surface area contributed by atoms with Gasteiger partial charge in [-0.15, -0.1) is 0 Å². The number of esters is 6. The van der Waals surface area contributed by atoms with Crippen LogP contribution in [0.2, 0.25) is 0 Å². The molecule has 0 aliphatic heterocycles. The molecule has 0 aliphatic carbocycles. The first-order chi connectivity index (χ1) is 29.3. The molecule has 0 radical (unpaired) electrons. The predicted octanol–water partition coefficient (Wildman–Crippen LogP) is 7.45. The minimum Gasteiger partial charge on any atom is -0.427 e. The van der Waals surface area contributed by atoms with E-state index < -0.39 is 41.9 Å². The Morgan fingerprint density at radius 1 is 0.459 bits per heavy atom. The van der Waals surface area contributed by atoms with Gasteiger partial charge in [0.1, 0.15) is 40.5 Å². The summed E-state index contributed by atoms with van der Waals surface area (Å²) in [5.41, 5.74) is 3.85. The Kier molecular flexibility index (Phi) is 16.2. The minimum atomic E-state index is -0.745. The summed E-state index contributed by atoms with van der Waals surface area (Å²) in [5, 5.41) is 2.98. The smallest absolute Gasteiger partial charge is 0.328 e. The normalized spacial score (nSPS) is 11.3. The lowest BCUT2D eigenvalue weighted by atomic mass is 10.1. The van der Waals surface area contributed by atoms with Crippen LogP contribution in [0.1, 0.15) is 61.4 Å². The standard InChI is InChI=1S/C48H45NO12/c1-31(50)56-39-17-7-35(8-18-39)15-25-46(53)59-42-21-11-34(12-22-42)5-6-38-27-43(60-47(54)26-16-36-9-19-40(20-10-36)57-32(2)51)30-44(28-38)61-48(55)45(49-4)29-37-13-23-41(24-14-37)58-33(3)52/h5-14,17-24,27-28,30,45,49H,15-16,25-26,29H2,1-4H3/b6-5+. The third-order valence-electron chi connectivity index (χ3n) is 8.80. The summed E-state index contributed by atoms with van der Waals surface area (Å²) in [6.07, 6.45) is 4.83. The Bertz CT molecular complexity index is 2350. The molecule has 5 rings (SSSR count). The fraction of sp³-hybridized carbons (Fsp3) is 0.208. The minimum absolute atomic E-state index is 0.0435. The number of rotatable bonds is 18. The van der Waals surface area contributed by atoms with Gasteiger partial charge in [0.15, 0.2) is 0 Å². The maximum Gasteiger partial charge on any atom is 0.328 e. The van der Waals surface area contributed by atoms with Crippen molar-refractivity contribution < 1.29 is 57.2 Å². The monoisotopic (exact) mass is 827 g/mol. The molecule has 5 aromatic carbocycles. The number of aryl methyl sites for hydroxylation is 2. The first-order valence-corrected chi connectivity index (χ1v) is 19.4. The fourth-order valence-electron chi connectivity index (χ4n) is 5.87. The van der Waals surface area contributed by atoms with Crippen LogP contribution in [-0.2, 0) is 48.0 Å². The average molecular weight is 828 g/mol. The summed E-state index contributed by atoms with van der Waals surface area (Å²) < 4.78 is 32.3. The molecule has 13 heteroatoms. The highest BCUT2D eigenvalue weighted by Crippen LogP contribution is 2.27. The number of benzene rings is 5. The van der Waals surface area contributed by atoms with Gasteiger partial charge in [-0.2, -0.15) is 0 Å². The van der Waals surface area contributed by atoms with Gasteiger partial charge in [-0.05, 0) is 115 Å². The third-order valence-corrected chi connectivity index (χ3v) is 8.80. The lowest BCUT2D eigenvalue weighted by molar-refractivity contribution is -0.137. The Morgan fingerprint density at radius 2 is 0.836 bits per heavy atom. The number of ether oxygens (including phenoxy) is 6. The van der Waals surface area contributed by atoms with Crippen LogP contribution in [0, 0.1) is 0 Å². The fourth-order valence-corrected chi connectivity index (χ4v) is 5.87.